The third-order valence-corrected chi connectivity index (χ3v) is 3.71. The van der Waals surface area contributed by atoms with E-state index in [4.69, 9.17) is 9.47 Å². The van der Waals surface area contributed by atoms with E-state index in [0.717, 1.165) is 18.5 Å². The van der Waals surface area contributed by atoms with Crippen molar-refractivity contribution in [2.75, 3.05) is 18.6 Å². The van der Waals surface area contributed by atoms with Crippen LogP contribution < -0.4 is 9.64 Å². The molecule has 5 heteroatoms. The summed E-state index contributed by atoms with van der Waals surface area (Å²) in [5.41, 5.74) is 0.718. The fraction of sp³-hybridized carbons (Fsp3) is 0.467. The van der Waals surface area contributed by atoms with Crippen molar-refractivity contribution in [1.82, 2.24) is 0 Å². The van der Waals surface area contributed by atoms with Crippen molar-refractivity contribution >= 4 is 17.6 Å². The Kier molecular flexibility index (Phi) is 3.34. The van der Waals surface area contributed by atoms with E-state index in [2.05, 4.69) is 0 Å². The third kappa shape index (κ3) is 2.35. The Bertz CT molecular complexity index is 538. The number of hydrogen-bond donors (Lipinski definition) is 0. The molecule has 20 heavy (non-hydrogen) atoms. The first-order valence-corrected chi connectivity index (χ1v) is 6.82. The largest absolute Gasteiger partial charge is 0.495 e. The molecule has 2 fully saturated rings. The quantitative estimate of drug-likeness (QED) is 0.786. The summed E-state index contributed by atoms with van der Waals surface area (Å²) in [5.74, 6) is 0.535. The number of anilines is 1. The molecule has 5 nitrogen and oxygen atoms in total. The van der Waals surface area contributed by atoms with Crippen molar-refractivity contribution in [1.29, 1.82) is 0 Å². The topological polar surface area (TPSA) is 55.8 Å². The highest BCUT2D eigenvalue weighted by Gasteiger charge is 2.41. The van der Waals surface area contributed by atoms with Crippen LogP contribution in [0.25, 0.3) is 0 Å². The van der Waals surface area contributed by atoms with E-state index in [1.807, 2.05) is 24.3 Å². The molecule has 1 unspecified atom stereocenters. The first kappa shape index (κ1) is 13.0. The Morgan fingerprint density at radius 2 is 2.10 bits per heavy atom. The Morgan fingerprint density at radius 3 is 2.70 bits per heavy atom. The number of para-hydroxylation sites is 2. The SMILES string of the molecule is COc1ccccc1N(C(=O)C1CC1)C1COC(=O)C1. The van der Waals surface area contributed by atoms with Gasteiger partial charge in [-0.25, -0.2) is 0 Å². The van der Waals surface area contributed by atoms with E-state index >= 15 is 0 Å². The Hall–Kier alpha value is -2.04. The van der Waals surface area contributed by atoms with Gasteiger partial charge in [0.1, 0.15) is 12.4 Å². The Labute approximate surface area is 117 Å². The van der Waals surface area contributed by atoms with Crippen LogP contribution in [-0.4, -0.2) is 31.6 Å². The highest BCUT2D eigenvalue weighted by molar-refractivity contribution is 5.99. The molecule has 0 aromatic heterocycles. The summed E-state index contributed by atoms with van der Waals surface area (Å²) in [6, 6.07) is 7.16. The summed E-state index contributed by atoms with van der Waals surface area (Å²) >= 11 is 0. The zero-order valence-electron chi connectivity index (χ0n) is 11.4. The summed E-state index contributed by atoms with van der Waals surface area (Å²) in [5, 5.41) is 0. The summed E-state index contributed by atoms with van der Waals surface area (Å²) in [4.78, 5) is 25.6. The summed E-state index contributed by atoms with van der Waals surface area (Å²) in [7, 11) is 1.58. The van der Waals surface area contributed by atoms with Crippen LogP contribution in [0.3, 0.4) is 0 Å². The molecule has 0 radical (unpaired) electrons. The lowest BCUT2D eigenvalue weighted by Crippen LogP contribution is -2.42. The van der Waals surface area contributed by atoms with E-state index in [-0.39, 0.29) is 36.9 Å². The van der Waals surface area contributed by atoms with Gasteiger partial charge in [-0.05, 0) is 25.0 Å². The molecular formula is C15H17NO4. The number of hydrogen-bond acceptors (Lipinski definition) is 4. The standard InChI is InChI=1S/C15H17NO4/c1-19-13-5-3-2-4-12(13)16(15(18)10-6-7-10)11-8-14(17)20-9-11/h2-5,10-11H,6-9H2,1H3. The minimum Gasteiger partial charge on any atom is -0.495 e. The van der Waals surface area contributed by atoms with Crippen molar-refractivity contribution in [2.45, 2.75) is 25.3 Å². The number of ether oxygens (including phenoxy) is 2. The summed E-state index contributed by atoms with van der Waals surface area (Å²) in [6.45, 7) is 0.259. The van der Waals surface area contributed by atoms with Gasteiger partial charge >= 0.3 is 5.97 Å². The molecule has 1 atom stereocenters. The third-order valence-electron chi connectivity index (χ3n) is 3.71. The second-order valence-corrected chi connectivity index (χ2v) is 5.20. The second kappa shape index (κ2) is 5.15. The maximum absolute atomic E-state index is 12.6. The lowest BCUT2D eigenvalue weighted by Gasteiger charge is -2.28. The average molecular weight is 275 g/mol. The molecule has 3 rings (SSSR count). The number of carbonyl (C=O) groups is 2. The maximum atomic E-state index is 12.6. The number of rotatable bonds is 4. The molecule has 1 saturated heterocycles. The molecule has 0 spiro atoms. The minimum absolute atomic E-state index is 0.0674. The van der Waals surface area contributed by atoms with Crippen LogP contribution in [0.1, 0.15) is 19.3 Å². The van der Waals surface area contributed by atoms with Crippen LogP contribution in [0, 0.1) is 5.92 Å². The van der Waals surface area contributed by atoms with Gasteiger partial charge in [0.05, 0.1) is 25.3 Å². The van der Waals surface area contributed by atoms with Gasteiger partial charge in [0.2, 0.25) is 5.91 Å². The van der Waals surface area contributed by atoms with Gasteiger partial charge in [-0.1, -0.05) is 12.1 Å². The van der Waals surface area contributed by atoms with Crippen LogP contribution in [-0.2, 0) is 14.3 Å². The number of esters is 1. The van der Waals surface area contributed by atoms with Crippen LogP contribution in [0.2, 0.25) is 0 Å². The van der Waals surface area contributed by atoms with Crippen molar-refractivity contribution in [2.24, 2.45) is 5.92 Å². The summed E-state index contributed by atoms with van der Waals surface area (Å²) < 4.78 is 10.4. The maximum Gasteiger partial charge on any atom is 0.308 e. The highest BCUT2D eigenvalue weighted by atomic mass is 16.5. The fourth-order valence-corrected chi connectivity index (χ4v) is 2.52. The predicted octanol–water partition coefficient (Wildman–Crippen LogP) is 1.75. The summed E-state index contributed by atoms with van der Waals surface area (Å²) in [6.07, 6.45) is 2.09. The highest BCUT2D eigenvalue weighted by Crippen LogP contribution is 2.38. The monoisotopic (exact) mass is 275 g/mol. The van der Waals surface area contributed by atoms with E-state index in [1.165, 1.54) is 0 Å². The van der Waals surface area contributed by atoms with E-state index in [0.29, 0.717) is 5.75 Å². The van der Waals surface area contributed by atoms with Crippen LogP contribution in [0.5, 0.6) is 5.75 Å². The number of benzene rings is 1. The molecule has 1 aromatic rings. The van der Waals surface area contributed by atoms with Gasteiger partial charge in [0.25, 0.3) is 0 Å². The normalized spacial score (nSPS) is 21.4. The molecular weight excluding hydrogens is 258 g/mol. The fourth-order valence-electron chi connectivity index (χ4n) is 2.52. The lowest BCUT2D eigenvalue weighted by atomic mass is 10.1. The molecule has 0 bridgehead atoms. The van der Waals surface area contributed by atoms with Crippen molar-refractivity contribution in [3.63, 3.8) is 0 Å². The van der Waals surface area contributed by atoms with Gasteiger partial charge in [-0.3, -0.25) is 9.59 Å². The number of carbonyl (C=O) groups excluding carboxylic acids is 2. The smallest absolute Gasteiger partial charge is 0.308 e. The molecule has 1 amide bonds. The first-order valence-electron chi connectivity index (χ1n) is 6.82. The van der Waals surface area contributed by atoms with Crippen molar-refractivity contribution in [3.8, 4) is 5.75 Å². The van der Waals surface area contributed by atoms with Crippen molar-refractivity contribution in [3.05, 3.63) is 24.3 Å². The van der Waals surface area contributed by atoms with Crippen LogP contribution in [0.4, 0.5) is 5.69 Å². The van der Waals surface area contributed by atoms with Crippen molar-refractivity contribution < 1.29 is 19.1 Å². The molecule has 1 heterocycles. The second-order valence-electron chi connectivity index (χ2n) is 5.20. The van der Waals surface area contributed by atoms with Gasteiger partial charge < -0.3 is 14.4 Å². The number of nitrogens with zero attached hydrogens (tertiary/aromatic N) is 1. The van der Waals surface area contributed by atoms with E-state index in [9.17, 15) is 9.59 Å². The molecule has 2 aliphatic rings. The lowest BCUT2D eigenvalue weighted by molar-refractivity contribution is -0.138. The Morgan fingerprint density at radius 1 is 1.35 bits per heavy atom. The van der Waals surface area contributed by atoms with Crippen LogP contribution >= 0.6 is 0 Å². The van der Waals surface area contributed by atoms with Gasteiger partial charge in [-0.2, -0.15) is 0 Å². The van der Waals surface area contributed by atoms with Gasteiger partial charge in [-0.15, -0.1) is 0 Å². The zero-order valence-corrected chi connectivity index (χ0v) is 11.4. The molecule has 0 N–H and O–H groups in total. The number of amides is 1. The molecule has 106 valence electrons. The van der Waals surface area contributed by atoms with Gasteiger partial charge in [0.15, 0.2) is 0 Å². The average Bonchev–Trinajstić information content (AvgIpc) is 3.23. The number of methoxy groups -OCH3 is 1. The predicted molar refractivity (Wildman–Crippen MR) is 72.6 cm³/mol. The minimum atomic E-state index is -0.251. The van der Waals surface area contributed by atoms with E-state index in [1.54, 1.807) is 12.0 Å². The molecule has 1 aliphatic heterocycles. The number of cyclic esters (lactones) is 1. The zero-order chi connectivity index (χ0) is 14.1. The molecule has 1 aromatic carbocycles. The van der Waals surface area contributed by atoms with Crippen LogP contribution in [0.15, 0.2) is 24.3 Å². The molecule has 1 saturated carbocycles. The van der Waals surface area contributed by atoms with E-state index < -0.39 is 0 Å². The Balaban J connectivity index is 1.95. The first-order chi connectivity index (χ1) is 9.70. The molecule has 1 aliphatic carbocycles. The van der Waals surface area contributed by atoms with Gasteiger partial charge in [0, 0.05) is 5.92 Å².